The van der Waals surface area contributed by atoms with Gasteiger partial charge in [0.2, 0.25) is 0 Å². The van der Waals surface area contributed by atoms with Crippen LogP contribution in [0.1, 0.15) is 18.0 Å². The van der Waals surface area contributed by atoms with Gasteiger partial charge in [0.1, 0.15) is 0 Å². The van der Waals surface area contributed by atoms with Gasteiger partial charge in [0.25, 0.3) is 0 Å². The van der Waals surface area contributed by atoms with Crippen molar-refractivity contribution in [3.63, 3.8) is 0 Å². The number of halogens is 2. The smallest absolute Gasteiger partial charge is 0.179 e. The van der Waals surface area contributed by atoms with Crippen molar-refractivity contribution < 1.29 is 14.6 Å². The van der Waals surface area contributed by atoms with E-state index < -0.39 is 0 Å². The lowest BCUT2D eigenvalue weighted by molar-refractivity contribution is 0.276. The molecule has 0 aromatic heterocycles. The van der Waals surface area contributed by atoms with Gasteiger partial charge < -0.3 is 20.3 Å². The molecule has 1 aromatic rings. The first-order valence-electron chi connectivity index (χ1n) is 4.92. The van der Waals surface area contributed by atoms with Gasteiger partial charge in [0, 0.05) is 12.6 Å². The van der Waals surface area contributed by atoms with Crippen molar-refractivity contribution in [3.05, 3.63) is 22.7 Å². The Morgan fingerprint density at radius 2 is 2.00 bits per heavy atom. The third-order valence-electron chi connectivity index (χ3n) is 2.35. The van der Waals surface area contributed by atoms with E-state index in [2.05, 4.69) is 0 Å². The molecule has 0 heterocycles. The lowest BCUT2D eigenvalue weighted by Gasteiger charge is -2.16. The molecule has 1 aromatic carbocycles. The molecule has 4 nitrogen and oxygen atoms in total. The Labute approximate surface area is 112 Å². The first-order chi connectivity index (χ1) is 7.65. The Hall–Kier alpha value is -0.680. The molecule has 1 atom stereocenters. The molecule has 0 aliphatic carbocycles. The third kappa shape index (κ3) is 3.64. The highest BCUT2D eigenvalue weighted by Crippen LogP contribution is 2.39. The number of aliphatic hydroxyl groups is 1. The van der Waals surface area contributed by atoms with E-state index in [1.807, 2.05) is 0 Å². The number of nitrogens with two attached hydrogens (primary N) is 1. The molecular formula is C11H17Cl2NO3. The van der Waals surface area contributed by atoms with Crippen LogP contribution in [0, 0.1) is 0 Å². The van der Waals surface area contributed by atoms with Crippen LogP contribution in [0.2, 0.25) is 5.02 Å². The molecule has 3 N–H and O–H groups in total. The van der Waals surface area contributed by atoms with Gasteiger partial charge in [-0.2, -0.15) is 0 Å². The second kappa shape index (κ2) is 7.61. The summed E-state index contributed by atoms with van der Waals surface area (Å²) in [5.74, 6) is 1.03. The Morgan fingerprint density at radius 3 is 2.47 bits per heavy atom. The predicted octanol–water partition coefficient (Wildman–Crippen LogP) is 2.16. The minimum atomic E-state index is -0.308. The van der Waals surface area contributed by atoms with Crippen LogP contribution in [0.3, 0.4) is 0 Å². The summed E-state index contributed by atoms with van der Waals surface area (Å²) in [6, 6.07) is 3.22. The summed E-state index contributed by atoms with van der Waals surface area (Å²) in [4.78, 5) is 0. The van der Waals surface area contributed by atoms with Crippen molar-refractivity contribution >= 4 is 24.0 Å². The molecule has 1 rings (SSSR count). The maximum Gasteiger partial charge on any atom is 0.179 e. The molecule has 98 valence electrons. The molecule has 0 aliphatic rings. The summed E-state index contributed by atoms with van der Waals surface area (Å²) in [7, 11) is 3.06. The van der Waals surface area contributed by atoms with Crippen molar-refractivity contribution in [1.82, 2.24) is 0 Å². The lowest BCUT2D eigenvalue weighted by atomic mass is 10.0. The molecule has 0 unspecified atom stereocenters. The Balaban J connectivity index is 0.00000256. The third-order valence-corrected chi connectivity index (χ3v) is 2.74. The molecular weight excluding hydrogens is 265 g/mol. The summed E-state index contributed by atoms with van der Waals surface area (Å²) in [5.41, 5.74) is 6.62. The van der Waals surface area contributed by atoms with Gasteiger partial charge in [0.15, 0.2) is 11.5 Å². The average Bonchev–Trinajstić information content (AvgIpc) is 2.28. The van der Waals surface area contributed by atoms with Crippen LogP contribution in [0.25, 0.3) is 0 Å². The van der Waals surface area contributed by atoms with Gasteiger partial charge in [-0.15, -0.1) is 12.4 Å². The zero-order valence-electron chi connectivity index (χ0n) is 9.77. The van der Waals surface area contributed by atoms with Crippen molar-refractivity contribution in [2.45, 2.75) is 12.5 Å². The van der Waals surface area contributed by atoms with E-state index in [-0.39, 0.29) is 25.1 Å². The van der Waals surface area contributed by atoms with Gasteiger partial charge >= 0.3 is 0 Å². The highest BCUT2D eigenvalue weighted by atomic mass is 35.5. The molecule has 0 radical (unpaired) electrons. The van der Waals surface area contributed by atoms with Crippen LogP contribution in [0.5, 0.6) is 11.5 Å². The Morgan fingerprint density at radius 1 is 1.35 bits per heavy atom. The van der Waals surface area contributed by atoms with Crippen LogP contribution in [0.15, 0.2) is 12.1 Å². The Kier molecular flexibility index (Phi) is 7.30. The largest absolute Gasteiger partial charge is 0.493 e. The van der Waals surface area contributed by atoms with E-state index in [1.165, 1.54) is 7.11 Å². The fourth-order valence-corrected chi connectivity index (χ4v) is 1.86. The second-order valence-electron chi connectivity index (χ2n) is 3.32. The van der Waals surface area contributed by atoms with Gasteiger partial charge in [-0.1, -0.05) is 17.7 Å². The molecule has 0 bridgehead atoms. The molecule has 0 spiro atoms. The highest BCUT2D eigenvalue weighted by molar-refractivity contribution is 6.33. The van der Waals surface area contributed by atoms with Crippen LogP contribution < -0.4 is 15.2 Å². The van der Waals surface area contributed by atoms with Crippen molar-refractivity contribution in [2.75, 3.05) is 20.8 Å². The molecule has 0 amide bonds. The van der Waals surface area contributed by atoms with Crippen molar-refractivity contribution in [3.8, 4) is 11.5 Å². The van der Waals surface area contributed by atoms with Gasteiger partial charge in [-0.25, -0.2) is 0 Å². The number of rotatable bonds is 5. The lowest BCUT2D eigenvalue weighted by Crippen LogP contribution is -2.13. The SMILES string of the molecule is COc1ccc([C@@H](N)CCO)c(Cl)c1OC.Cl. The van der Waals surface area contributed by atoms with Gasteiger partial charge in [-0.05, 0) is 18.1 Å². The van der Waals surface area contributed by atoms with E-state index in [9.17, 15) is 0 Å². The zero-order valence-corrected chi connectivity index (χ0v) is 11.3. The zero-order chi connectivity index (χ0) is 12.1. The number of benzene rings is 1. The van der Waals surface area contributed by atoms with Crippen LogP contribution >= 0.6 is 24.0 Å². The molecule has 6 heteroatoms. The highest BCUT2D eigenvalue weighted by Gasteiger charge is 2.17. The number of aliphatic hydroxyl groups excluding tert-OH is 1. The van der Waals surface area contributed by atoms with E-state index in [0.29, 0.717) is 22.9 Å². The summed E-state index contributed by atoms with van der Waals surface area (Å²) in [6.45, 7) is 0.0197. The Bertz CT molecular complexity index is 361. The molecule has 0 saturated carbocycles. The fraction of sp³-hybridized carbons (Fsp3) is 0.455. The minimum absolute atomic E-state index is 0. The average molecular weight is 282 g/mol. The fourth-order valence-electron chi connectivity index (χ4n) is 1.49. The van der Waals surface area contributed by atoms with Gasteiger partial charge in [0.05, 0.1) is 19.2 Å². The summed E-state index contributed by atoms with van der Waals surface area (Å²) >= 11 is 6.16. The minimum Gasteiger partial charge on any atom is -0.493 e. The first kappa shape index (κ1) is 16.3. The molecule has 0 saturated heterocycles. The predicted molar refractivity (Wildman–Crippen MR) is 70.4 cm³/mol. The van der Waals surface area contributed by atoms with Crippen molar-refractivity contribution in [1.29, 1.82) is 0 Å². The maximum atomic E-state index is 8.84. The van der Waals surface area contributed by atoms with Crippen LogP contribution in [-0.2, 0) is 0 Å². The number of hydrogen-bond acceptors (Lipinski definition) is 4. The number of ether oxygens (including phenoxy) is 2. The van der Waals surface area contributed by atoms with Gasteiger partial charge in [-0.3, -0.25) is 0 Å². The quantitative estimate of drug-likeness (QED) is 0.868. The maximum absolute atomic E-state index is 8.84. The van der Waals surface area contributed by atoms with E-state index in [0.717, 1.165) is 5.56 Å². The van der Waals surface area contributed by atoms with E-state index in [4.69, 9.17) is 31.9 Å². The van der Waals surface area contributed by atoms with E-state index >= 15 is 0 Å². The molecule has 0 fully saturated rings. The summed E-state index contributed by atoms with van der Waals surface area (Å²) in [5, 5.41) is 9.27. The summed E-state index contributed by atoms with van der Waals surface area (Å²) in [6.07, 6.45) is 0.454. The standard InChI is InChI=1S/C11H16ClNO3.ClH/c1-15-9-4-3-7(8(13)5-6-14)10(12)11(9)16-2;/h3-4,8,14H,5-6,13H2,1-2H3;1H/t8-;/m0./s1. The normalized spacial score (nSPS) is 11.6. The molecule has 17 heavy (non-hydrogen) atoms. The second-order valence-corrected chi connectivity index (χ2v) is 3.70. The van der Waals surface area contributed by atoms with E-state index in [1.54, 1.807) is 19.2 Å². The summed E-state index contributed by atoms with van der Waals surface area (Å²) < 4.78 is 10.3. The van der Waals surface area contributed by atoms with Crippen LogP contribution in [0.4, 0.5) is 0 Å². The first-order valence-corrected chi connectivity index (χ1v) is 5.30. The number of hydrogen-bond donors (Lipinski definition) is 2. The molecule has 0 aliphatic heterocycles. The van der Waals surface area contributed by atoms with Crippen molar-refractivity contribution in [2.24, 2.45) is 5.73 Å². The van der Waals surface area contributed by atoms with Crippen LogP contribution in [-0.4, -0.2) is 25.9 Å². The number of methoxy groups -OCH3 is 2. The monoisotopic (exact) mass is 281 g/mol. The topological polar surface area (TPSA) is 64.7 Å².